The average Bonchev–Trinajstić information content (AvgIpc) is 2.70. The summed E-state index contributed by atoms with van der Waals surface area (Å²) in [4.78, 5) is 24.4. The van der Waals surface area contributed by atoms with E-state index in [1.165, 1.54) is 4.68 Å². The molecule has 140 valence electrons. The molecule has 1 atom stereocenters. The molecule has 0 aliphatic rings. The fourth-order valence-electron chi connectivity index (χ4n) is 2.81. The number of fused-ring (bicyclic) bond motifs is 1. The normalized spacial score (nSPS) is 12.0. The van der Waals surface area contributed by atoms with Crippen LogP contribution in [0.25, 0.3) is 10.8 Å². The topological polar surface area (TPSA) is 73.2 Å². The number of carbonyl (C=O) groups is 1. The summed E-state index contributed by atoms with van der Waals surface area (Å²) in [6.45, 7) is 2.95. The van der Waals surface area contributed by atoms with Gasteiger partial charge in [-0.2, -0.15) is 5.10 Å². The maximum atomic E-state index is 12.4. The van der Waals surface area contributed by atoms with Crippen molar-refractivity contribution >= 4 is 16.7 Å². The van der Waals surface area contributed by atoms with Crippen LogP contribution in [-0.4, -0.2) is 28.8 Å². The van der Waals surface area contributed by atoms with Crippen LogP contribution in [0.3, 0.4) is 0 Å². The van der Waals surface area contributed by atoms with Gasteiger partial charge in [0.25, 0.3) is 5.56 Å². The van der Waals surface area contributed by atoms with Gasteiger partial charge in [-0.05, 0) is 25.0 Å². The summed E-state index contributed by atoms with van der Waals surface area (Å²) >= 11 is 0. The molecular weight excluding hydrogens is 342 g/mol. The summed E-state index contributed by atoms with van der Waals surface area (Å²) in [5.74, 6) is -0.240. The smallest absolute Gasteiger partial charge is 0.275 e. The number of nitrogens with one attached hydrogen (secondary N) is 1. The number of hydrogen-bond acceptors (Lipinski definition) is 4. The maximum absolute atomic E-state index is 12.4. The molecule has 0 aliphatic carbocycles. The molecule has 6 nitrogen and oxygen atoms in total. The van der Waals surface area contributed by atoms with Gasteiger partial charge in [0.15, 0.2) is 0 Å². The first-order valence-corrected chi connectivity index (χ1v) is 9.03. The fraction of sp³-hybridized carbons (Fsp3) is 0.286. The van der Waals surface area contributed by atoms with E-state index < -0.39 is 0 Å². The molecule has 0 aliphatic heterocycles. The average molecular weight is 365 g/mol. The SMILES string of the molecule is CC(OCCCNC(=O)Cn1ncc2ccccc2c1=O)c1ccccc1. The highest BCUT2D eigenvalue weighted by Gasteiger charge is 2.08. The third kappa shape index (κ3) is 5.01. The van der Waals surface area contributed by atoms with E-state index in [0.717, 1.165) is 10.9 Å². The molecule has 1 heterocycles. The Hall–Kier alpha value is -2.99. The molecule has 1 N–H and O–H groups in total. The maximum Gasteiger partial charge on any atom is 0.275 e. The summed E-state index contributed by atoms with van der Waals surface area (Å²) in [5.41, 5.74) is 0.867. The van der Waals surface area contributed by atoms with Gasteiger partial charge in [-0.1, -0.05) is 48.5 Å². The summed E-state index contributed by atoms with van der Waals surface area (Å²) in [5, 5.41) is 8.19. The molecule has 3 rings (SSSR count). The number of amides is 1. The van der Waals surface area contributed by atoms with Crippen LogP contribution >= 0.6 is 0 Å². The standard InChI is InChI=1S/C21H23N3O3/c1-16(17-8-3-2-4-9-17)27-13-7-12-22-20(25)15-24-21(26)19-11-6-5-10-18(19)14-23-24/h2-6,8-11,14,16H,7,12-13,15H2,1H3,(H,22,25). The number of aromatic nitrogens is 2. The number of rotatable bonds is 8. The van der Waals surface area contributed by atoms with E-state index in [1.54, 1.807) is 18.3 Å². The Balaban J connectivity index is 1.43. The molecule has 3 aromatic rings. The Morgan fingerprint density at radius 2 is 1.89 bits per heavy atom. The van der Waals surface area contributed by atoms with Crippen molar-refractivity contribution in [1.82, 2.24) is 15.1 Å². The number of hydrogen-bond donors (Lipinski definition) is 1. The van der Waals surface area contributed by atoms with Crippen molar-refractivity contribution in [1.29, 1.82) is 0 Å². The van der Waals surface area contributed by atoms with Gasteiger partial charge in [0.05, 0.1) is 17.7 Å². The van der Waals surface area contributed by atoms with Crippen molar-refractivity contribution in [3.63, 3.8) is 0 Å². The number of benzene rings is 2. The zero-order valence-corrected chi connectivity index (χ0v) is 15.3. The first-order valence-electron chi connectivity index (χ1n) is 9.03. The van der Waals surface area contributed by atoms with E-state index >= 15 is 0 Å². The zero-order valence-electron chi connectivity index (χ0n) is 15.3. The van der Waals surface area contributed by atoms with Crippen molar-refractivity contribution in [2.45, 2.75) is 26.0 Å². The van der Waals surface area contributed by atoms with Crippen LogP contribution in [0, 0.1) is 0 Å². The van der Waals surface area contributed by atoms with E-state index in [-0.39, 0.29) is 24.1 Å². The van der Waals surface area contributed by atoms with Crippen molar-refractivity contribution < 1.29 is 9.53 Å². The third-order valence-corrected chi connectivity index (χ3v) is 4.34. The molecule has 1 unspecified atom stereocenters. The Morgan fingerprint density at radius 1 is 1.15 bits per heavy atom. The van der Waals surface area contributed by atoms with Crippen LogP contribution in [0.2, 0.25) is 0 Å². The zero-order chi connectivity index (χ0) is 19.1. The molecule has 0 bridgehead atoms. The van der Waals surface area contributed by atoms with Crippen LogP contribution in [0.4, 0.5) is 0 Å². The van der Waals surface area contributed by atoms with Gasteiger partial charge in [0, 0.05) is 18.5 Å². The molecule has 2 aromatic carbocycles. The van der Waals surface area contributed by atoms with E-state index in [1.807, 2.05) is 49.4 Å². The van der Waals surface area contributed by atoms with Gasteiger partial charge >= 0.3 is 0 Å². The Labute approximate surface area is 157 Å². The van der Waals surface area contributed by atoms with Crippen LogP contribution in [0.1, 0.15) is 25.0 Å². The predicted molar refractivity (Wildman–Crippen MR) is 104 cm³/mol. The lowest BCUT2D eigenvalue weighted by molar-refractivity contribution is -0.121. The second kappa shape index (κ2) is 9.09. The minimum atomic E-state index is -0.261. The molecule has 0 fully saturated rings. The van der Waals surface area contributed by atoms with Gasteiger partial charge < -0.3 is 10.1 Å². The van der Waals surface area contributed by atoms with Gasteiger partial charge in [0.2, 0.25) is 5.91 Å². The molecule has 0 spiro atoms. The summed E-state index contributed by atoms with van der Waals surface area (Å²) < 4.78 is 6.96. The van der Waals surface area contributed by atoms with E-state index in [2.05, 4.69) is 10.4 Å². The quantitative estimate of drug-likeness (QED) is 0.623. The summed E-state index contributed by atoms with van der Waals surface area (Å²) in [6.07, 6.45) is 2.31. The number of nitrogens with zero attached hydrogens (tertiary/aromatic N) is 2. The van der Waals surface area contributed by atoms with Crippen molar-refractivity contribution in [3.05, 3.63) is 76.7 Å². The van der Waals surface area contributed by atoms with Crippen LogP contribution in [0.15, 0.2) is 65.6 Å². The Morgan fingerprint density at radius 3 is 2.70 bits per heavy atom. The fourth-order valence-corrected chi connectivity index (χ4v) is 2.81. The van der Waals surface area contributed by atoms with Crippen LogP contribution in [-0.2, 0) is 16.1 Å². The lowest BCUT2D eigenvalue weighted by Crippen LogP contribution is -2.34. The van der Waals surface area contributed by atoms with E-state index in [4.69, 9.17) is 4.74 Å². The van der Waals surface area contributed by atoms with E-state index in [0.29, 0.717) is 25.0 Å². The van der Waals surface area contributed by atoms with Crippen LogP contribution in [0.5, 0.6) is 0 Å². The van der Waals surface area contributed by atoms with Crippen molar-refractivity contribution in [2.24, 2.45) is 0 Å². The first kappa shape index (κ1) is 18.8. The highest BCUT2D eigenvalue weighted by molar-refractivity contribution is 5.81. The first-order chi connectivity index (χ1) is 13.1. The Bertz CT molecular complexity index is 954. The summed E-state index contributed by atoms with van der Waals surface area (Å²) in [7, 11) is 0. The minimum Gasteiger partial charge on any atom is -0.374 e. The predicted octanol–water partition coefficient (Wildman–Crippen LogP) is 2.68. The summed E-state index contributed by atoms with van der Waals surface area (Å²) in [6, 6.07) is 17.2. The molecule has 1 aromatic heterocycles. The van der Waals surface area contributed by atoms with Gasteiger partial charge in [-0.25, -0.2) is 4.68 Å². The molecule has 1 amide bonds. The minimum absolute atomic E-state index is 0.0160. The molecule has 6 heteroatoms. The molecule has 0 saturated carbocycles. The highest BCUT2D eigenvalue weighted by atomic mass is 16.5. The van der Waals surface area contributed by atoms with Crippen molar-refractivity contribution in [2.75, 3.05) is 13.2 Å². The second-order valence-corrected chi connectivity index (χ2v) is 6.32. The van der Waals surface area contributed by atoms with Gasteiger partial charge in [0.1, 0.15) is 6.54 Å². The van der Waals surface area contributed by atoms with Crippen molar-refractivity contribution in [3.8, 4) is 0 Å². The largest absolute Gasteiger partial charge is 0.374 e. The lowest BCUT2D eigenvalue weighted by atomic mass is 10.1. The number of ether oxygens (including phenoxy) is 1. The molecule has 0 saturated heterocycles. The lowest BCUT2D eigenvalue weighted by Gasteiger charge is -2.13. The molecule has 0 radical (unpaired) electrons. The van der Waals surface area contributed by atoms with E-state index in [9.17, 15) is 9.59 Å². The second-order valence-electron chi connectivity index (χ2n) is 6.32. The van der Waals surface area contributed by atoms with Gasteiger partial charge in [-0.3, -0.25) is 9.59 Å². The highest BCUT2D eigenvalue weighted by Crippen LogP contribution is 2.15. The molecule has 27 heavy (non-hydrogen) atoms. The number of carbonyl (C=O) groups excluding carboxylic acids is 1. The molecular formula is C21H23N3O3. The Kier molecular flexibility index (Phi) is 6.33. The monoisotopic (exact) mass is 365 g/mol. The third-order valence-electron chi connectivity index (χ3n) is 4.34. The van der Waals surface area contributed by atoms with Gasteiger partial charge in [-0.15, -0.1) is 0 Å². The van der Waals surface area contributed by atoms with Crippen LogP contribution < -0.4 is 10.9 Å².